The molecule has 0 bridgehead atoms. The van der Waals surface area contributed by atoms with Crippen LogP contribution in [0.1, 0.15) is 42.3 Å². The van der Waals surface area contributed by atoms with Crippen LogP contribution >= 0.6 is 0 Å². The van der Waals surface area contributed by atoms with Gasteiger partial charge < -0.3 is 0 Å². The molecule has 0 aliphatic carbocycles. The fourth-order valence-corrected chi connectivity index (χ4v) is 1.59. The molecular weight excluding hydrogens is 174 g/mol. The Hall–Kier alpha value is -1.18. The molecular formula is C12H17NO. The molecule has 1 heterocycles. The van der Waals surface area contributed by atoms with Gasteiger partial charge in [0.2, 0.25) is 0 Å². The smallest absolute Gasteiger partial charge is 0.137 e. The number of carbonyl (C=O) groups is 1. The summed E-state index contributed by atoms with van der Waals surface area (Å²) in [4.78, 5) is 15.7. The summed E-state index contributed by atoms with van der Waals surface area (Å²) >= 11 is 0. The first-order chi connectivity index (χ1) is 6.43. The van der Waals surface area contributed by atoms with E-state index in [-0.39, 0.29) is 11.7 Å². The highest BCUT2D eigenvalue weighted by atomic mass is 16.1. The van der Waals surface area contributed by atoms with E-state index in [1.807, 2.05) is 33.8 Å². The molecule has 1 atom stereocenters. The molecule has 0 saturated heterocycles. The molecule has 1 rings (SSSR count). The molecule has 1 aromatic heterocycles. The van der Waals surface area contributed by atoms with Gasteiger partial charge in [0.15, 0.2) is 0 Å². The van der Waals surface area contributed by atoms with Gasteiger partial charge in [-0.25, -0.2) is 0 Å². The lowest BCUT2D eigenvalue weighted by molar-refractivity contribution is -0.118. The van der Waals surface area contributed by atoms with Crippen molar-refractivity contribution in [2.75, 3.05) is 0 Å². The Bertz CT molecular complexity index is 369. The average molecular weight is 191 g/mol. The first-order valence-corrected chi connectivity index (χ1v) is 4.88. The average Bonchev–Trinajstić information content (AvgIpc) is 2.09. The SMILES string of the molecule is CC(=O)C(C)c1cc(C)nc(C)c1C. The molecule has 0 aliphatic rings. The van der Waals surface area contributed by atoms with Crippen LogP contribution < -0.4 is 0 Å². The predicted octanol–water partition coefficient (Wildman–Crippen LogP) is 2.70. The molecule has 0 saturated carbocycles. The minimum Gasteiger partial charge on any atom is -0.299 e. The van der Waals surface area contributed by atoms with Crippen LogP contribution in [0.4, 0.5) is 0 Å². The molecule has 0 aromatic carbocycles. The Morgan fingerprint density at radius 2 is 1.93 bits per heavy atom. The molecule has 0 N–H and O–H groups in total. The lowest BCUT2D eigenvalue weighted by Crippen LogP contribution is -2.08. The molecule has 2 heteroatoms. The van der Waals surface area contributed by atoms with Gasteiger partial charge in [-0.15, -0.1) is 0 Å². The first kappa shape index (κ1) is 10.9. The van der Waals surface area contributed by atoms with Crippen LogP contribution in [0.15, 0.2) is 6.07 Å². The summed E-state index contributed by atoms with van der Waals surface area (Å²) < 4.78 is 0. The maximum atomic E-state index is 11.3. The number of hydrogen-bond donors (Lipinski definition) is 0. The molecule has 0 aliphatic heterocycles. The number of pyridine rings is 1. The van der Waals surface area contributed by atoms with Crippen molar-refractivity contribution >= 4 is 5.78 Å². The van der Waals surface area contributed by atoms with Crippen LogP contribution in [0.5, 0.6) is 0 Å². The lowest BCUT2D eigenvalue weighted by Gasteiger charge is -2.14. The van der Waals surface area contributed by atoms with Crippen molar-refractivity contribution < 1.29 is 4.79 Å². The third-order valence-electron chi connectivity index (χ3n) is 2.76. The summed E-state index contributed by atoms with van der Waals surface area (Å²) in [6.07, 6.45) is 0. The van der Waals surface area contributed by atoms with E-state index in [4.69, 9.17) is 0 Å². The molecule has 76 valence electrons. The van der Waals surface area contributed by atoms with Gasteiger partial charge in [0.25, 0.3) is 0 Å². The minimum atomic E-state index is -0.0181. The highest BCUT2D eigenvalue weighted by molar-refractivity contribution is 5.83. The van der Waals surface area contributed by atoms with Crippen LogP contribution in [0.2, 0.25) is 0 Å². The molecule has 0 amide bonds. The van der Waals surface area contributed by atoms with E-state index in [0.29, 0.717) is 0 Å². The fraction of sp³-hybridized carbons (Fsp3) is 0.500. The summed E-state index contributed by atoms with van der Waals surface area (Å²) in [5, 5.41) is 0. The highest BCUT2D eigenvalue weighted by Crippen LogP contribution is 2.22. The van der Waals surface area contributed by atoms with Gasteiger partial charge in [-0.1, -0.05) is 6.92 Å². The van der Waals surface area contributed by atoms with Crippen molar-refractivity contribution in [3.63, 3.8) is 0 Å². The van der Waals surface area contributed by atoms with Crippen molar-refractivity contribution in [2.45, 2.75) is 40.5 Å². The second-order valence-corrected chi connectivity index (χ2v) is 3.90. The van der Waals surface area contributed by atoms with E-state index in [2.05, 4.69) is 4.98 Å². The van der Waals surface area contributed by atoms with Crippen LogP contribution in [0.3, 0.4) is 0 Å². The number of aromatic nitrogens is 1. The number of ketones is 1. The molecule has 1 unspecified atom stereocenters. The summed E-state index contributed by atoms with van der Waals surface area (Å²) in [5.74, 6) is 0.188. The lowest BCUT2D eigenvalue weighted by atomic mass is 9.93. The van der Waals surface area contributed by atoms with Gasteiger partial charge in [-0.3, -0.25) is 9.78 Å². The van der Waals surface area contributed by atoms with Gasteiger partial charge in [0.1, 0.15) is 5.78 Å². The normalized spacial score (nSPS) is 12.6. The van der Waals surface area contributed by atoms with E-state index in [1.165, 1.54) is 0 Å². The van der Waals surface area contributed by atoms with E-state index in [1.54, 1.807) is 6.92 Å². The Balaban J connectivity index is 3.26. The second kappa shape index (κ2) is 3.91. The number of carbonyl (C=O) groups excluding carboxylic acids is 1. The summed E-state index contributed by atoms with van der Waals surface area (Å²) in [5.41, 5.74) is 4.25. The number of hydrogen-bond acceptors (Lipinski definition) is 2. The molecule has 1 aromatic rings. The van der Waals surface area contributed by atoms with Gasteiger partial charge in [0, 0.05) is 17.3 Å². The molecule has 14 heavy (non-hydrogen) atoms. The van der Waals surface area contributed by atoms with E-state index in [0.717, 1.165) is 22.5 Å². The zero-order chi connectivity index (χ0) is 10.9. The predicted molar refractivity (Wildman–Crippen MR) is 57.5 cm³/mol. The van der Waals surface area contributed by atoms with Crippen molar-refractivity contribution in [2.24, 2.45) is 0 Å². The van der Waals surface area contributed by atoms with Gasteiger partial charge in [-0.2, -0.15) is 0 Å². The van der Waals surface area contributed by atoms with Crippen molar-refractivity contribution in [3.8, 4) is 0 Å². The Morgan fingerprint density at radius 1 is 1.36 bits per heavy atom. The van der Waals surface area contributed by atoms with Crippen molar-refractivity contribution in [1.29, 1.82) is 0 Å². The molecule has 0 spiro atoms. The van der Waals surface area contributed by atoms with E-state index in [9.17, 15) is 4.79 Å². The third-order valence-corrected chi connectivity index (χ3v) is 2.76. The summed E-state index contributed by atoms with van der Waals surface area (Å²) in [6, 6.07) is 2.01. The molecule has 2 nitrogen and oxygen atoms in total. The number of nitrogens with zero attached hydrogens (tertiary/aromatic N) is 1. The van der Waals surface area contributed by atoms with E-state index >= 15 is 0 Å². The van der Waals surface area contributed by atoms with Crippen molar-refractivity contribution in [3.05, 3.63) is 28.6 Å². The van der Waals surface area contributed by atoms with Gasteiger partial charge in [-0.05, 0) is 44.9 Å². The van der Waals surface area contributed by atoms with E-state index < -0.39 is 0 Å². The number of Topliss-reactive ketones (excluding diaryl/α,β-unsaturated/α-hetero) is 1. The quantitative estimate of drug-likeness (QED) is 0.719. The van der Waals surface area contributed by atoms with Crippen molar-refractivity contribution in [1.82, 2.24) is 4.98 Å². The Morgan fingerprint density at radius 3 is 2.43 bits per heavy atom. The van der Waals surface area contributed by atoms with Crippen LogP contribution in [-0.4, -0.2) is 10.8 Å². The van der Waals surface area contributed by atoms with Crippen LogP contribution in [0, 0.1) is 20.8 Å². The minimum absolute atomic E-state index is 0.0181. The summed E-state index contributed by atoms with van der Waals surface area (Å²) in [7, 11) is 0. The third kappa shape index (κ3) is 2.00. The van der Waals surface area contributed by atoms with Crippen LogP contribution in [-0.2, 0) is 4.79 Å². The Labute approximate surface area is 85.4 Å². The zero-order valence-corrected chi connectivity index (χ0v) is 9.51. The number of aryl methyl sites for hydroxylation is 2. The van der Waals surface area contributed by atoms with Gasteiger partial charge >= 0.3 is 0 Å². The second-order valence-electron chi connectivity index (χ2n) is 3.90. The fourth-order valence-electron chi connectivity index (χ4n) is 1.59. The maximum Gasteiger partial charge on any atom is 0.137 e. The van der Waals surface area contributed by atoms with Crippen LogP contribution in [0.25, 0.3) is 0 Å². The zero-order valence-electron chi connectivity index (χ0n) is 9.51. The van der Waals surface area contributed by atoms with Gasteiger partial charge in [0.05, 0.1) is 0 Å². The Kier molecular flexibility index (Phi) is 3.04. The topological polar surface area (TPSA) is 30.0 Å². The molecule has 0 radical (unpaired) electrons. The monoisotopic (exact) mass is 191 g/mol. The standard InChI is InChI=1S/C12H17NO/c1-7-6-12(9(3)11(5)14)8(2)10(4)13-7/h6,9H,1-5H3. The molecule has 0 fully saturated rings. The first-order valence-electron chi connectivity index (χ1n) is 4.88. The maximum absolute atomic E-state index is 11.3. The number of rotatable bonds is 2. The summed E-state index contributed by atoms with van der Waals surface area (Å²) in [6.45, 7) is 9.55. The largest absolute Gasteiger partial charge is 0.299 e. The highest BCUT2D eigenvalue weighted by Gasteiger charge is 2.14.